The van der Waals surface area contributed by atoms with Gasteiger partial charge in [0.15, 0.2) is 0 Å². The minimum atomic E-state index is -0.354. The first kappa shape index (κ1) is 14.6. The van der Waals surface area contributed by atoms with Gasteiger partial charge in [-0.05, 0) is 30.9 Å². The second kappa shape index (κ2) is 6.11. The third-order valence-corrected chi connectivity index (χ3v) is 3.87. The molecular formula is C15H23N3O2. The lowest BCUT2D eigenvalue weighted by Gasteiger charge is -2.32. The molecule has 0 aliphatic heterocycles. The van der Waals surface area contributed by atoms with Crippen molar-refractivity contribution in [1.29, 1.82) is 0 Å². The Labute approximate surface area is 119 Å². The van der Waals surface area contributed by atoms with E-state index in [1.165, 1.54) is 12.8 Å². The maximum atomic E-state index is 11.3. The lowest BCUT2D eigenvalue weighted by molar-refractivity contribution is -0.383. The lowest BCUT2D eigenvalue weighted by atomic mass is 10.1. The first-order valence-corrected chi connectivity index (χ1v) is 7.30. The number of nitrogen functional groups attached to an aromatic ring is 1. The zero-order valence-electron chi connectivity index (χ0n) is 12.2. The summed E-state index contributed by atoms with van der Waals surface area (Å²) in [7, 11) is 0. The Morgan fingerprint density at radius 3 is 2.60 bits per heavy atom. The molecule has 0 aromatic heterocycles. The second-order valence-electron chi connectivity index (χ2n) is 5.96. The van der Waals surface area contributed by atoms with Crippen molar-refractivity contribution >= 4 is 17.1 Å². The molecule has 1 aliphatic carbocycles. The van der Waals surface area contributed by atoms with Gasteiger partial charge in [0, 0.05) is 12.6 Å². The van der Waals surface area contributed by atoms with E-state index >= 15 is 0 Å². The Bertz CT molecular complexity index is 482. The number of nitro groups is 1. The average molecular weight is 277 g/mol. The van der Waals surface area contributed by atoms with Crippen LogP contribution in [0.4, 0.5) is 17.1 Å². The number of nitro benzene ring substituents is 1. The zero-order chi connectivity index (χ0) is 14.7. The van der Waals surface area contributed by atoms with Crippen LogP contribution in [0, 0.1) is 16.0 Å². The fourth-order valence-electron chi connectivity index (χ4n) is 3.03. The van der Waals surface area contributed by atoms with E-state index in [1.54, 1.807) is 12.1 Å². The predicted molar refractivity (Wildman–Crippen MR) is 81.9 cm³/mol. The molecule has 1 aliphatic rings. The normalized spacial score (nSPS) is 15.8. The standard InChI is InChI=1S/C15H23N3O2/c1-11(2)10-17(12-6-3-4-7-12)14-9-5-8-13(16)15(14)18(19)20/h5,8-9,11-12H,3-4,6-7,10,16H2,1-2H3. The van der Waals surface area contributed by atoms with Crippen LogP contribution in [0.5, 0.6) is 0 Å². The highest BCUT2D eigenvalue weighted by Crippen LogP contribution is 2.38. The minimum absolute atomic E-state index is 0.0556. The summed E-state index contributed by atoms with van der Waals surface area (Å²) in [5, 5.41) is 11.3. The fourth-order valence-corrected chi connectivity index (χ4v) is 3.03. The van der Waals surface area contributed by atoms with Crippen molar-refractivity contribution in [3.8, 4) is 0 Å². The first-order valence-electron chi connectivity index (χ1n) is 7.30. The van der Waals surface area contributed by atoms with Gasteiger partial charge in [0.1, 0.15) is 11.4 Å². The van der Waals surface area contributed by atoms with Crippen molar-refractivity contribution in [1.82, 2.24) is 0 Å². The lowest BCUT2D eigenvalue weighted by Crippen LogP contribution is -2.36. The molecule has 0 spiro atoms. The highest BCUT2D eigenvalue weighted by atomic mass is 16.6. The smallest absolute Gasteiger partial charge is 0.315 e. The Morgan fingerprint density at radius 1 is 1.40 bits per heavy atom. The maximum Gasteiger partial charge on any atom is 0.315 e. The Hall–Kier alpha value is -1.78. The molecule has 0 saturated heterocycles. The van der Waals surface area contributed by atoms with Crippen LogP contribution >= 0.6 is 0 Å². The van der Waals surface area contributed by atoms with Gasteiger partial charge >= 0.3 is 5.69 Å². The number of hydrogen-bond donors (Lipinski definition) is 1. The molecular weight excluding hydrogens is 254 g/mol. The highest BCUT2D eigenvalue weighted by Gasteiger charge is 2.29. The molecule has 0 radical (unpaired) electrons. The number of nitrogens with zero attached hydrogens (tertiary/aromatic N) is 2. The number of anilines is 2. The molecule has 20 heavy (non-hydrogen) atoms. The number of benzene rings is 1. The summed E-state index contributed by atoms with van der Waals surface area (Å²) in [6, 6.07) is 5.64. The summed E-state index contributed by atoms with van der Waals surface area (Å²) in [5.41, 5.74) is 6.80. The van der Waals surface area contributed by atoms with E-state index in [-0.39, 0.29) is 16.3 Å². The molecule has 0 unspecified atom stereocenters. The molecule has 110 valence electrons. The number of para-hydroxylation sites is 1. The van der Waals surface area contributed by atoms with E-state index in [2.05, 4.69) is 18.7 Å². The van der Waals surface area contributed by atoms with Crippen molar-refractivity contribution in [3.05, 3.63) is 28.3 Å². The second-order valence-corrected chi connectivity index (χ2v) is 5.96. The van der Waals surface area contributed by atoms with Crippen molar-refractivity contribution in [2.75, 3.05) is 17.2 Å². The number of hydrogen-bond acceptors (Lipinski definition) is 4. The summed E-state index contributed by atoms with van der Waals surface area (Å²) in [6.07, 6.45) is 4.63. The Morgan fingerprint density at radius 2 is 2.05 bits per heavy atom. The van der Waals surface area contributed by atoms with E-state index in [0.717, 1.165) is 19.4 Å². The third-order valence-electron chi connectivity index (χ3n) is 3.87. The molecule has 1 aromatic carbocycles. The summed E-state index contributed by atoms with van der Waals surface area (Å²) < 4.78 is 0. The van der Waals surface area contributed by atoms with Crippen LogP contribution in [0.3, 0.4) is 0 Å². The molecule has 0 amide bonds. The Kier molecular flexibility index (Phi) is 4.47. The molecule has 1 aromatic rings. The van der Waals surface area contributed by atoms with Crippen molar-refractivity contribution in [2.24, 2.45) is 5.92 Å². The van der Waals surface area contributed by atoms with E-state index in [9.17, 15) is 10.1 Å². The fraction of sp³-hybridized carbons (Fsp3) is 0.600. The van der Waals surface area contributed by atoms with Crippen LogP contribution < -0.4 is 10.6 Å². The largest absolute Gasteiger partial charge is 0.393 e. The highest BCUT2D eigenvalue weighted by molar-refractivity contribution is 5.75. The van der Waals surface area contributed by atoms with Gasteiger partial charge in [-0.1, -0.05) is 32.8 Å². The summed E-state index contributed by atoms with van der Waals surface area (Å²) in [4.78, 5) is 13.2. The molecule has 2 N–H and O–H groups in total. The number of rotatable bonds is 5. The van der Waals surface area contributed by atoms with Crippen molar-refractivity contribution in [3.63, 3.8) is 0 Å². The molecule has 5 nitrogen and oxygen atoms in total. The van der Waals surface area contributed by atoms with Crippen molar-refractivity contribution in [2.45, 2.75) is 45.6 Å². The van der Waals surface area contributed by atoms with Gasteiger partial charge < -0.3 is 10.6 Å². The molecule has 0 bridgehead atoms. The topological polar surface area (TPSA) is 72.4 Å². The predicted octanol–water partition coefficient (Wildman–Crippen LogP) is 3.58. The van der Waals surface area contributed by atoms with Crippen LogP contribution in [-0.2, 0) is 0 Å². The van der Waals surface area contributed by atoms with Gasteiger partial charge in [-0.25, -0.2) is 0 Å². The summed E-state index contributed by atoms with van der Waals surface area (Å²) in [6.45, 7) is 5.11. The van der Waals surface area contributed by atoms with Gasteiger partial charge in [-0.15, -0.1) is 0 Å². The third kappa shape index (κ3) is 3.03. The zero-order valence-corrected chi connectivity index (χ0v) is 12.2. The monoisotopic (exact) mass is 277 g/mol. The van der Waals surface area contributed by atoms with Gasteiger partial charge in [-0.2, -0.15) is 0 Å². The quantitative estimate of drug-likeness (QED) is 0.507. The summed E-state index contributed by atoms with van der Waals surface area (Å²) in [5.74, 6) is 0.455. The molecule has 1 saturated carbocycles. The Balaban J connectivity index is 2.42. The van der Waals surface area contributed by atoms with Gasteiger partial charge in [0.2, 0.25) is 0 Å². The molecule has 5 heteroatoms. The van der Waals surface area contributed by atoms with Gasteiger partial charge in [0.25, 0.3) is 0 Å². The summed E-state index contributed by atoms with van der Waals surface area (Å²) >= 11 is 0. The van der Waals surface area contributed by atoms with E-state index in [4.69, 9.17) is 5.73 Å². The van der Waals surface area contributed by atoms with E-state index in [1.807, 2.05) is 6.07 Å². The van der Waals surface area contributed by atoms with Crippen LogP contribution in [0.25, 0.3) is 0 Å². The van der Waals surface area contributed by atoms with E-state index < -0.39 is 0 Å². The average Bonchev–Trinajstić information content (AvgIpc) is 2.88. The van der Waals surface area contributed by atoms with Gasteiger partial charge in [0.05, 0.1) is 4.92 Å². The molecule has 0 heterocycles. The molecule has 1 fully saturated rings. The SMILES string of the molecule is CC(C)CN(c1cccc(N)c1[N+](=O)[O-])C1CCCC1. The minimum Gasteiger partial charge on any atom is -0.393 e. The van der Waals surface area contributed by atoms with Gasteiger partial charge in [-0.3, -0.25) is 10.1 Å². The molecule has 0 atom stereocenters. The number of nitrogens with two attached hydrogens (primary N) is 1. The van der Waals surface area contributed by atoms with Crippen molar-refractivity contribution < 1.29 is 4.92 Å². The first-order chi connectivity index (χ1) is 9.50. The van der Waals surface area contributed by atoms with Crippen LogP contribution in [0.15, 0.2) is 18.2 Å². The van der Waals surface area contributed by atoms with Crippen LogP contribution in [-0.4, -0.2) is 17.5 Å². The maximum absolute atomic E-state index is 11.3. The van der Waals surface area contributed by atoms with E-state index in [0.29, 0.717) is 17.6 Å². The van der Waals surface area contributed by atoms with Crippen LogP contribution in [0.1, 0.15) is 39.5 Å². The van der Waals surface area contributed by atoms with Crippen LogP contribution in [0.2, 0.25) is 0 Å². The molecule has 2 rings (SSSR count).